The molecule has 0 N–H and O–H groups in total. The Balaban J connectivity index is 2.14. The van der Waals surface area contributed by atoms with Crippen molar-refractivity contribution in [3.63, 3.8) is 0 Å². The zero-order valence-corrected chi connectivity index (χ0v) is 10.2. The highest BCUT2D eigenvalue weighted by Gasteiger charge is 2.20. The number of hydrogen-bond donors (Lipinski definition) is 0. The minimum Gasteiger partial charge on any atom is -0.496 e. The summed E-state index contributed by atoms with van der Waals surface area (Å²) in [5.41, 5.74) is 1.00. The highest BCUT2D eigenvalue weighted by atomic mass is 16.5. The van der Waals surface area contributed by atoms with Crippen LogP contribution in [0.25, 0.3) is 0 Å². The van der Waals surface area contributed by atoms with Crippen LogP contribution in [0.2, 0.25) is 0 Å². The van der Waals surface area contributed by atoms with E-state index in [1.54, 1.807) is 7.11 Å². The smallest absolute Gasteiger partial charge is 0.123 e. The fourth-order valence-corrected chi connectivity index (χ4v) is 2.39. The second-order valence-corrected chi connectivity index (χ2v) is 4.43. The third-order valence-corrected chi connectivity index (χ3v) is 3.31. The number of para-hydroxylation sites is 1. The van der Waals surface area contributed by atoms with Crippen molar-refractivity contribution in [3.05, 3.63) is 29.8 Å². The molecule has 1 aliphatic heterocycles. The maximum absolute atomic E-state index is 9.33. The molecule has 1 aliphatic rings. The van der Waals surface area contributed by atoms with Crippen LogP contribution in [0.3, 0.4) is 0 Å². The second-order valence-electron chi connectivity index (χ2n) is 4.43. The molecule has 0 aromatic heterocycles. The SMILES string of the molecule is COc1ccccc1C(C#N)CN1CCCC1. The van der Waals surface area contributed by atoms with Crippen LogP contribution in [0.1, 0.15) is 24.3 Å². The van der Waals surface area contributed by atoms with Gasteiger partial charge in [0.1, 0.15) is 5.75 Å². The summed E-state index contributed by atoms with van der Waals surface area (Å²) in [5.74, 6) is 0.725. The molecule has 1 heterocycles. The van der Waals surface area contributed by atoms with E-state index in [1.807, 2.05) is 24.3 Å². The third-order valence-electron chi connectivity index (χ3n) is 3.31. The molecule has 1 aromatic carbocycles. The summed E-state index contributed by atoms with van der Waals surface area (Å²) >= 11 is 0. The Kier molecular flexibility index (Phi) is 4.00. The number of nitrogens with zero attached hydrogens (tertiary/aromatic N) is 2. The van der Waals surface area contributed by atoms with Gasteiger partial charge in [-0.25, -0.2) is 0 Å². The van der Waals surface area contributed by atoms with Gasteiger partial charge in [0.25, 0.3) is 0 Å². The quantitative estimate of drug-likeness (QED) is 0.797. The monoisotopic (exact) mass is 230 g/mol. The topological polar surface area (TPSA) is 36.3 Å². The maximum atomic E-state index is 9.33. The molecule has 1 aromatic rings. The Bertz CT molecular complexity index is 405. The van der Waals surface area contributed by atoms with Crippen LogP contribution in [0.5, 0.6) is 5.75 Å². The summed E-state index contributed by atoms with van der Waals surface area (Å²) in [7, 11) is 1.66. The molecular formula is C14H18N2O. The third kappa shape index (κ3) is 2.78. The van der Waals surface area contributed by atoms with Crippen LogP contribution in [0.4, 0.5) is 0 Å². The van der Waals surface area contributed by atoms with Crippen molar-refractivity contribution in [1.82, 2.24) is 4.90 Å². The van der Waals surface area contributed by atoms with Crippen molar-refractivity contribution in [2.45, 2.75) is 18.8 Å². The van der Waals surface area contributed by atoms with Gasteiger partial charge in [0, 0.05) is 12.1 Å². The summed E-state index contributed by atoms with van der Waals surface area (Å²) in [6.45, 7) is 3.05. The Hall–Kier alpha value is -1.53. The minimum atomic E-state index is -0.0933. The summed E-state index contributed by atoms with van der Waals surface area (Å²) in [5, 5.41) is 9.33. The fourth-order valence-electron chi connectivity index (χ4n) is 2.39. The molecule has 1 unspecified atom stereocenters. The lowest BCUT2D eigenvalue weighted by atomic mass is 9.99. The van der Waals surface area contributed by atoms with E-state index in [1.165, 1.54) is 12.8 Å². The lowest BCUT2D eigenvalue weighted by Gasteiger charge is -2.20. The predicted octanol–water partition coefficient (Wildman–Crippen LogP) is 2.40. The van der Waals surface area contributed by atoms with Gasteiger partial charge >= 0.3 is 0 Å². The summed E-state index contributed by atoms with van der Waals surface area (Å²) in [6, 6.07) is 10.2. The molecular weight excluding hydrogens is 212 g/mol. The first-order valence-electron chi connectivity index (χ1n) is 6.10. The summed E-state index contributed by atoms with van der Waals surface area (Å²) in [4.78, 5) is 2.36. The lowest BCUT2D eigenvalue weighted by Crippen LogP contribution is -2.25. The van der Waals surface area contributed by atoms with Crippen LogP contribution in [0, 0.1) is 11.3 Å². The molecule has 0 radical (unpaired) electrons. The molecule has 0 saturated carbocycles. The van der Waals surface area contributed by atoms with Gasteiger partial charge in [0.2, 0.25) is 0 Å². The molecule has 0 aliphatic carbocycles. The molecule has 2 rings (SSSR count). The van der Waals surface area contributed by atoms with Crippen molar-refractivity contribution >= 4 is 0 Å². The first-order chi connectivity index (χ1) is 8.35. The van der Waals surface area contributed by atoms with Crippen LogP contribution < -0.4 is 4.74 Å². The van der Waals surface area contributed by atoms with E-state index in [0.717, 1.165) is 30.9 Å². The van der Waals surface area contributed by atoms with Gasteiger partial charge in [-0.1, -0.05) is 18.2 Å². The Morgan fingerprint density at radius 1 is 1.35 bits per heavy atom. The molecule has 3 heteroatoms. The fraction of sp³-hybridized carbons (Fsp3) is 0.500. The predicted molar refractivity (Wildman–Crippen MR) is 67.0 cm³/mol. The van der Waals surface area contributed by atoms with Crippen molar-refractivity contribution in [1.29, 1.82) is 5.26 Å². The number of hydrogen-bond acceptors (Lipinski definition) is 3. The van der Waals surface area contributed by atoms with Crippen molar-refractivity contribution in [2.75, 3.05) is 26.7 Å². The van der Waals surface area contributed by atoms with E-state index in [0.29, 0.717) is 0 Å². The molecule has 90 valence electrons. The standard InChI is InChI=1S/C14H18N2O/c1-17-14-7-3-2-6-13(14)12(10-15)11-16-8-4-5-9-16/h2-3,6-7,12H,4-5,8-9,11H2,1H3. The number of ether oxygens (including phenoxy) is 1. The van der Waals surface area contributed by atoms with Gasteiger partial charge in [-0.15, -0.1) is 0 Å². The molecule has 1 fully saturated rings. The molecule has 1 saturated heterocycles. The average molecular weight is 230 g/mol. The Morgan fingerprint density at radius 3 is 2.71 bits per heavy atom. The molecule has 0 bridgehead atoms. The van der Waals surface area contributed by atoms with Crippen molar-refractivity contribution in [2.24, 2.45) is 0 Å². The van der Waals surface area contributed by atoms with E-state index in [9.17, 15) is 5.26 Å². The van der Waals surface area contributed by atoms with Gasteiger partial charge in [0.15, 0.2) is 0 Å². The highest BCUT2D eigenvalue weighted by molar-refractivity contribution is 5.39. The molecule has 3 nitrogen and oxygen atoms in total. The normalized spacial score (nSPS) is 17.6. The van der Waals surface area contributed by atoms with E-state index >= 15 is 0 Å². The molecule has 0 spiro atoms. The number of nitriles is 1. The van der Waals surface area contributed by atoms with E-state index in [2.05, 4.69) is 11.0 Å². The number of rotatable bonds is 4. The zero-order chi connectivity index (χ0) is 12.1. The van der Waals surface area contributed by atoms with Gasteiger partial charge in [0.05, 0.1) is 19.1 Å². The maximum Gasteiger partial charge on any atom is 0.123 e. The second kappa shape index (κ2) is 5.70. The van der Waals surface area contributed by atoms with Crippen molar-refractivity contribution in [3.8, 4) is 11.8 Å². The average Bonchev–Trinajstić information content (AvgIpc) is 2.89. The molecule has 0 amide bonds. The van der Waals surface area contributed by atoms with Gasteiger partial charge < -0.3 is 9.64 Å². The Morgan fingerprint density at radius 2 is 2.06 bits per heavy atom. The van der Waals surface area contributed by atoms with Crippen LogP contribution in [-0.2, 0) is 0 Å². The lowest BCUT2D eigenvalue weighted by molar-refractivity contribution is 0.327. The van der Waals surface area contributed by atoms with Crippen molar-refractivity contribution < 1.29 is 4.74 Å². The molecule has 1 atom stereocenters. The van der Waals surface area contributed by atoms with Gasteiger partial charge in [-0.05, 0) is 32.0 Å². The van der Waals surface area contributed by atoms with E-state index in [4.69, 9.17) is 4.74 Å². The number of methoxy groups -OCH3 is 1. The van der Waals surface area contributed by atoms with Crippen LogP contribution >= 0.6 is 0 Å². The highest BCUT2D eigenvalue weighted by Crippen LogP contribution is 2.27. The van der Waals surface area contributed by atoms with E-state index < -0.39 is 0 Å². The van der Waals surface area contributed by atoms with Gasteiger partial charge in [-0.2, -0.15) is 5.26 Å². The molecule has 17 heavy (non-hydrogen) atoms. The Labute approximate surface area is 103 Å². The number of likely N-dealkylation sites (tertiary alicyclic amines) is 1. The van der Waals surface area contributed by atoms with E-state index in [-0.39, 0.29) is 5.92 Å². The minimum absolute atomic E-state index is 0.0933. The van der Waals surface area contributed by atoms with Crippen LogP contribution in [0.15, 0.2) is 24.3 Å². The van der Waals surface area contributed by atoms with Gasteiger partial charge in [-0.3, -0.25) is 0 Å². The van der Waals surface area contributed by atoms with Crippen LogP contribution in [-0.4, -0.2) is 31.6 Å². The number of benzene rings is 1. The summed E-state index contributed by atoms with van der Waals surface area (Å²) < 4.78 is 5.32. The first kappa shape index (κ1) is 11.9. The largest absolute Gasteiger partial charge is 0.496 e. The first-order valence-corrected chi connectivity index (χ1v) is 6.10. The summed E-state index contributed by atoms with van der Waals surface area (Å²) in [6.07, 6.45) is 2.51. The zero-order valence-electron chi connectivity index (χ0n) is 10.2.